The predicted molar refractivity (Wildman–Crippen MR) is 65.5 cm³/mol. The topological polar surface area (TPSA) is 51.8 Å². The molecular formula is C11H10ClN3S. The van der Waals surface area contributed by atoms with Gasteiger partial charge in [-0.25, -0.2) is 4.98 Å². The molecule has 0 fully saturated rings. The summed E-state index contributed by atoms with van der Waals surface area (Å²) in [5.74, 6) is 0. The molecule has 0 saturated carbocycles. The number of hydrogen-bond acceptors (Lipinski definition) is 4. The summed E-state index contributed by atoms with van der Waals surface area (Å²) >= 11 is 7.46. The number of nitrogens with two attached hydrogens (primary N) is 1. The molecule has 1 heterocycles. The van der Waals surface area contributed by atoms with Crippen molar-refractivity contribution >= 4 is 23.4 Å². The lowest BCUT2D eigenvalue weighted by molar-refractivity contribution is 1.02. The van der Waals surface area contributed by atoms with E-state index in [9.17, 15) is 0 Å². The first-order chi connectivity index (χ1) is 7.79. The van der Waals surface area contributed by atoms with Gasteiger partial charge in [0.1, 0.15) is 5.03 Å². The summed E-state index contributed by atoms with van der Waals surface area (Å²) in [5.41, 5.74) is 6.72. The Labute approximate surface area is 103 Å². The van der Waals surface area contributed by atoms with Crippen molar-refractivity contribution in [2.45, 2.75) is 16.5 Å². The van der Waals surface area contributed by atoms with Gasteiger partial charge in [-0.1, -0.05) is 29.4 Å². The maximum absolute atomic E-state index is 5.95. The average Bonchev–Trinajstić information content (AvgIpc) is 2.31. The lowest BCUT2D eigenvalue weighted by atomic mass is 10.2. The fraction of sp³-hybridized carbons (Fsp3) is 0.0909. The fourth-order valence-corrected chi connectivity index (χ4v) is 2.40. The molecule has 2 rings (SSSR count). The van der Waals surface area contributed by atoms with Gasteiger partial charge in [0.2, 0.25) is 0 Å². The van der Waals surface area contributed by atoms with Crippen molar-refractivity contribution in [3.63, 3.8) is 0 Å². The zero-order chi connectivity index (χ0) is 11.4. The van der Waals surface area contributed by atoms with Crippen molar-refractivity contribution < 1.29 is 0 Å². The highest BCUT2D eigenvalue weighted by atomic mass is 35.5. The summed E-state index contributed by atoms with van der Waals surface area (Å²) in [5, 5.41) is 1.53. The van der Waals surface area contributed by atoms with Gasteiger partial charge in [0.05, 0.1) is 6.20 Å². The van der Waals surface area contributed by atoms with E-state index in [1.807, 2.05) is 18.2 Å². The minimum Gasteiger partial charge on any atom is -0.326 e. The van der Waals surface area contributed by atoms with E-state index in [1.54, 1.807) is 18.6 Å². The Kier molecular flexibility index (Phi) is 3.77. The fourth-order valence-electron chi connectivity index (χ4n) is 1.24. The van der Waals surface area contributed by atoms with E-state index in [0.717, 1.165) is 15.5 Å². The van der Waals surface area contributed by atoms with Gasteiger partial charge in [0.15, 0.2) is 0 Å². The summed E-state index contributed by atoms with van der Waals surface area (Å²) < 4.78 is 0. The van der Waals surface area contributed by atoms with Gasteiger partial charge in [-0.3, -0.25) is 4.98 Å². The molecule has 0 atom stereocenters. The Morgan fingerprint density at radius 2 is 2.19 bits per heavy atom. The number of hydrogen-bond donors (Lipinski definition) is 1. The van der Waals surface area contributed by atoms with Crippen molar-refractivity contribution in [3.05, 3.63) is 47.4 Å². The van der Waals surface area contributed by atoms with Crippen LogP contribution in [0.25, 0.3) is 0 Å². The number of rotatable bonds is 3. The molecule has 5 heteroatoms. The third-order valence-electron chi connectivity index (χ3n) is 2.00. The van der Waals surface area contributed by atoms with Crippen LogP contribution in [-0.2, 0) is 6.54 Å². The molecule has 0 aliphatic carbocycles. The number of nitrogens with zero attached hydrogens (tertiary/aromatic N) is 2. The quantitative estimate of drug-likeness (QED) is 0.911. The Morgan fingerprint density at radius 1 is 1.31 bits per heavy atom. The molecule has 0 spiro atoms. The maximum Gasteiger partial charge on any atom is 0.119 e. The Balaban J connectivity index is 2.30. The lowest BCUT2D eigenvalue weighted by Gasteiger charge is -2.06. The van der Waals surface area contributed by atoms with E-state index in [-0.39, 0.29) is 0 Å². The van der Waals surface area contributed by atoms with Crippen LogP contribution in [0, 0.1) is 0 Å². The first-order valence-electron chi connectivity index (χ1n) is 4.72. The zero-order valence-electron chi connectivity index (χ0n) is 8.43. The van der Waals surface area contributed by atoms with E-state index in [1.165, 1.54) is 11.8 Å². The monoisotopic (exact) mass is 251 g/mol. The SMILES string of the molecule is NCc1ccc(Cl)cc1Sc1cnccn1. The van der Waals surface area contributed by atoms with Gasteiger partial charge in [0.25, 0.3) is 0 Å². The van der Waals surface area contributed by atoms with Gasteiger partial charge in [-0.2, -0.15) is 0 Å². The minimum atomic E-state index is 0.486. The van der Waals surface area contributed by atoms with Gasteiger partial charge >= 0.3 is 0 Å². The Bertz CT molecular complexity index is 476. The van der Waals surface area contributed by atoms with Gasteiger partial charge < -0.3 is 5.73 Å². The second-order valence-electron chi connectivity index (χ2n) is 3.10. The molecule has 82 valence electrons. The van der Waals surface area contributed by atoms with Crippen LogP contribution in [0.5, 0.6) is 0 Å². The van der Waals surface area contributed by atoms with Crippen molar-refractivity contribution in [1.82, 2.24) is 9.97 Å². The molecule has 0 amide bonds. The molecule has 1 aromatic heterocycles. The van der Waals surface area contributed by atoms with Crippen molar-refractivity contribution in [2.75, 3.05) is 0 Å². The van der Waals surface area contributed by atoms with E-state index in [0.29, 0.717) is 11.6 Å². The molecule has 0 unspecified atom stereocenters. The van der Waals surface area contributed by atoms with E-state index >= 15 is 0 Å². The highest BCUT2D eigenvalue weighted by molar-refractivity contribution is 7.99. The summed E-state index contributed by atoms with van der Waals surface area (Å²) in [6.07, 6.45) is 5.02. The first kappa shape index (κ1) is 11.4. The molecular weight excluding hydrogens is 242 g/mol. The van der Waals surface area contributed by atoms with Gasteiger partial charge in [-0.15, -0.1) is 0 Å². The zero-order valence-corrected chi connectivity index (χ0v) is 10.0. The predicted octanol–water partition coefficient (Wildman–Crippen LogP) is 2.74. The Morgan fingerprint density at radius 3 is 2.88 bits per heavy atom. The summed E-state index contributed by atoms with van der Waals surface area (Å²) in [6, 6.07) is 5.66. The summed E-state index contributed by atoms with van der Waals surface area (Å²) in [7, 11) is 0. The lowest BCUT2D eigenvalue weighted by Crippen LogP contribution is -1.98. The molecule has 0 radical (unpaired) electrons. The second-order valence-corrected chi connectivity index (χ2v) is 4.60. The van der Waals surface area contributed by atoms with Crippen LogP contribution in [0.2, 0.25) is 5.02 Å². The third kappa shape index (κ3) is 2.72. The van der Waals surface area contributed by atoms with Crippen LogP contribution in [0.1, 0.15) is 5.56 Å². The van der Waals surface area contributed by atoms with Crippen LogP contribution < -0.4 is 5.73 Å². The standard InChI is InChI=1S/C11H10ClN3S/c12-9-2-1-8(6-13)10(5-9)16-11-7-14-3-4-15-11/h1-5,7H,6,13H2. The third-order valence-corrected chi connectivity index (χ3v) is 3.26. The maximum atomic E-state index is 5.95. The second kappa shape index (κ2) is 5.30. The molecule has 3 nitrogen and oxygen atoms in total. The summed E-state index contributed by atoms with van der Waals surface area (Å²) in [6.45, 7) is 0.486. The highest BCUT2D eigenvalue weighted by Crippen LogP contribution is 2.30. The normalized spacial score (nSPS) is 10.4. The van der Waals surface area contributed by atoms with Gasteiger partial charge in [-0.05, 0) is 17.7 Å². The van der Waals surface area contributed by atoms with Crippen LogP contribution in [0.4, 0.5) is 0 Å². The van der Waals surface area contributed by atoms with Crippen LogP contribution in [-0.4, -0.2) is 9.97 Å². The molecule has 2 aromatic rings. The van der Waals surface area contributed by atoms with Crippen molar-refractivity contribution in [2.24, 2.45) is 5.73 Å². The molecule has 16 heavy (non-hydrogen) atoms. The van der Waals surface area contributed by atoms with Crippen molar-refractivity contribution in [3.8, 4) is 0 Å². The molecule has 0 aliphatic rings. The summed E-state index contributed by atoms with van der Waals surface area (Å²) in [4.78, 5) is 9.23. The Hall–Kier alpha value is -1.10. The molecule has 1 aromatic carbocycles. The molecule has 0 aliphatic heterocycles. The first-order valence-corrected chi connectivity index (χ1v) is 5.91. The van der Waals surface area contributed by atoms with Crippen LogP contribution in [0.15, 0.2) is 46.7 Å². The van der Waals surface area contributed by atoms with E-state index in [4.69, 9.17) is 17.3 Å². The average molecular weight is 252 g/mol. The van der Waals surface area contributed by atoms with Crippen molar-refractivity contribution in [1.29, 1.82) is 0 Å². The number of halogens is 1. The van der Waals surface area contributed by atoms with Crippen LogP contribution in [0.3, 0.4) is 0 Å². The smallest absolute Gasteiger partial charge is 0.119 e. The highest BCUT2D eigenvalue weighted by Gasteiger charge is 2.05. The van der Waals surface area contributed by atoms with E-state index in [2.05, 4.69) is 9.97 Å². The number of aromatic nitrogens is 2. The van der Waals surface area contributed by atoms with Gasteiger partial charge in [0, 0.05) is 28.9 Å². The minimum absolute atomic E-state index is 0.486. The van der Waals surface area contributed by atoms with Crippen LogP contribution >= 0.6 is 23.4 Å². The van der Waals surface area contributed by atoms with E-state index < -0.39 is 0 Å². The molecule has 0 saturated heterocycles. The number of benzene rings is 1. The molecule has 0 bridgehead atoms. The largest absolute Gasteiger partial charge is 0.326 e. The molecule has 2 N–H and O–H groups in total.